The Balaban J connectivity index is 2.89. The lowest BCUT2D eigenvalue weighted by Crippen LogP contribution is -2.29. The molecular formula is C13H24N6O2. The van der Waals surface area contributed by atoms with Crippen molar-refractivity contribution in [1.82, 2.24) is 14.9 Å². The van der Waals surface area contributed by atoms with Crippen LogP contribution in [0.3, 0.4) is 0 Å². The van der Waals surface area contributed by atoms with E-state index in [-0.39, 0.29) is 11.5 Å². The van der Waals surface area contributed by atoms with E-state index in [1.165, 1.54) is 0 Å². The van der Waals surface area contributed by atoms with Crippen LogP contribution in [0.1, 0.15) is 26.5 Å². The molecule has 0 amide bonds. The molecule has 2 N–H and O–H groups in total. The predicted octanol–water partition coefficient (Wildman–Crippen LogP) is 1.88. The third kappa shape index (κ3) is 4.82. The van der Waals surface area contributed by atoms with Gasteiger partial charge in [0.05, 0.1) is 4.92 Å². The summed E-state index contributed by atoms with van der Waals surface area (Å²) < 4.78 is 0. The molecule has 21 heavy (non-hydrogen) atoms. The normalized spacial score (nSPS) is 10.7. The summed E-state index contributed by atoms with van der Waals surface area (Å²) in [4.78, 5) is 21.3. The number of anilines is 2. The molecule has 1 aromatic rings. The maximum absolute atomic E-state index is 11.2. The van der Waals surface area contributed by atoms with Crippen molar-refractivity contribution in [3.8, 4) is 0 Å². The quantitative estimate of drug-likeness (QED) is 0.530. The van der Waals surface area contributed by atoms with Crippen molar-refractivity contribution in [3.05, 3.63) is 15.8 Å². The molecule has 8 nitrogen and oxygen atoms in total. The van der Waals surface area contributed by atoms with E-state index in [1.54, 1.807) is 6.92 Å². The van der Waals surface area contributed by atoms with E-state index >= 15 is 0 Å². The molecule has 0 aliphatic rings. The molecule has 0 spiro atoms. The molecule has 0 aliphatic heterocycles. The summed E-state index contributed by atoms with van der Waals surface area (Å²) in [5.74, 6) is 0.682. The van der Waals surface area contributed by atoms with Gasteiger partial charge in [-0.3, -0.25) is 10.1 Å². The summed E-state index contributed by atoms with van der Waals surface area (Å²) in [6.45, 7) is 11.7. The fourth-order valence-electron chi connectivity index (χ4n) is 2.02. The summed E-state index contributed by atoms with van der Waals surface area (Å²) in [5.41, 5.74) is 0.299. The molecular weight excluding hydrogens is 272 g/mol. The Bertz CT molecular complexity index is 476. The zero-order valence-corrected chi connectivity index (χ0v) is 13.1. The fraction of sp³-hybridized carbons (Fsp3) is 0.692. The van der Waals surface area contributed by atoms with Gasteiger partial charge in [0, 0.05) is 19.6 Å². The van der Waals surface area contributed by atoms with Gasteiger partial charge in [-0.15, -0.1) is 0 Å². The van der Waals surface area contributed by atoms with Crippen molar-refractivity contribution >= 4 is 17.5 Å². The van der Waals surface area contributed by atoms with E-state index < -0.39 is 4.92 Å². The van der Waals surface area contributed by atoms with Crippen molar-refractivity contribution in [2.24, 2.45) is 0 Å². The van der Waals surface area contributed by atoms with Gasteiger partial charge in [0.2, 0.25) is 11.8 Å². The van der Waals surface area contributed by atoms with Crippen molar-refractivity contribution in [2.75, 3.05) is 43.4 Å². The van der Waals surface area contributed by atoms with Crippen LogP contribution in [0.2, 0.25) is 0 Å². The SMILES string of the molecule is CCNc1nc(C)c([N+](=O)[O-])c(NCCN(CC)CC)n1. The van der Waals surface area contributed by atoms with Crippen molar-refractivity contribution < 1.29 is 4.92 Å². The van der Waals surface area contributed by atoms with E-state index in [0.29, 0.717) is 24.7 Å². The number of aryl methyl sites for hydroxylation is 1. The molecule has 0 fully saturated rings. The largest absolute Gasteiger partial charge is 0.363 e. The molecule has 0 radical (unpaired) electrons. The van der Waals surface area contributed by atoms with Crippen molar-refractivity contribution in [2.45, 2.75) is 27.7 Å². The molecule has 0 bridgehead atoms. The predicted molar refractivity (Wildman–Crippen MR) is 83.9 cm³/mol. The molecule has 0 aromatic carbocycles. The second-order valence-corrected chi connectivity index (χ2v) is 4.57. The Kier molecular flexibility index (Phi) is 6.80. The summed E-state index contributed by atoms with van der Waals surface area (Å²) in [6.07, 6.45) is 0. The number of nitro groups is 1. The summed E-state index contributed by atoms with van der Waals surface area (Å²) in [6, 6.07) is 0. The van der Waals surface area contributed by atoms with Gasteiger partial charge < -0.3 is 15.5 Å². The molecule has 0 saturated heterocycles. The fourth-order valence-corrected chi connectivity index (χ4v) is 2.02. The number of aromatic nitrogens is 2. The average molecular weight is 296 g/mol. The molecule has 0 atom stereocenters. The first kappa shape index (κ1) is 17.1. The third-order valence-corrected chi connectivity index (χ3v) is 3.19. The number of hydrogen-bond acceptors (Lipinski definition) is 7. The molecule has 1 heterocycles. The highest BCUT2D eigenvalue weighted by atomic mass is 16.6. The van der Waals surface area contributed by atoms with Gasteiger partial charge in [0.15, 0.2) is 0 Å². The first-order valence-corrected chi connectivity index (χ1v) is 7.26. The van der Waals surface area contributed by atoms with E-state index in [4.69, 9.17) is 0 Å². The Hall–Kier alpha value is -1.96. The van der Waals surface area contributed by atoms with E-state index in [0.717, 1.165) is 19.6 Å². The summed E-state index contributed by atoms with van der Waals surface area (Å²) in [7, 11) is 0. The van der Waals surface area contributed by atoms with Crippen LogP contribution in [-0.4, -0.2) is 52.5 Å². The van der Waals surface area contributed by atoms with Gasteiger partial charge in [-0.1, -0.05) is 13.8 Å². The lowest BCUT2D eigenvalue weighted by Gasteiger charge is -2.18. The van der Waals surface area contributed by atoms with Gasteiger partial charge >= 0.3 is 5.69 Å². The minimum absolute atomic E-state index is 0.0591. The maximum atomic E-state index is 11.2. The highest BCUT2D eigenvalue weighted by molar-refractivity contribution is 5.60. The topological polar surface area (TPSA) is 96.2 Å². The monoisotopic (exact) mass is 296 g/mol. The zero-order chi connectivity index (χ0) is 15.8. The van der Waals surface area contributed by atoms with Crippen LogP contribution in [-0.2, 0) is 0 Å². The Labute approximate surface area is 125 Å². The highest BCUT2D eigenvalue weighted by Crippen LogP contribution is 2.26. The Morgan fingerprint density at radius 2 is 1.86 bits per heavy atom. The zero-order valence-electron chi connectivity index (χ0n) is 13.1. The molecule has 0 saturated carbocycles. The molecule has 8 heteroatoms. The van der Waals surface area contributed by atoms with Gasteiger partial charge in [-0.2, -0.15) is 4.98 Å². The standard InChI is InChI=1S/C13H24N6O2/c1-5-14-13-16-10(4)11(19(20)21)12(17-13)15-8-9-18(6-2)7-3/h5-9H2,1-4H3,(H2,14,15,16,17). The van der Waals surface area contributed by atoms with Crippen LogP contribution in [0.4, 0.5) is 17.5 Å². The minimum Gasteiger partial charge on any atom is -0.363 e. The first-order chi connectivity index (χ1) is 10.0. The lowest BCUT2D eigenvalue weighted by atomic mass is 10.3. The first-order valence-electron chi connectivity index (χ1n) is 7.26. The molecule has 118 valence electrons. The van der Waals surface area contributed by atoms with Gasteiger partial charge in [-0.25, -0.2) is 4.98 Å². The van der Waals surface area contributed by atoms with Crippen molar-refractivity contribution in [1.29, 1.82) is 0 Å². The smallest absolute Gasteiger partial charge is 0.332 e. The van der Waals surface area contributed by atoms with E-state index in [1.807, 2.05) is 6.92 Å². The van der Waals surface area contributed by atoms with E-state index in [2.05, 4.69) is 39.3 Å². The molecule has 1 aromatic heterocycles. The van der Waals surface area contributed by atoms with Crippen LogP contribution in [0.25, 0.3) is 0 Å². The number of nitrogens with zero attached hydrogens (tertiary/aromatic N) is 4. The molecule has 0 aliphatic carbocycles. The maximum Gasteiger partial charge on any atom is 0.332 e. The lowest BCUT2D eigenvalue weighted by molar-refractivity contribution is -0.385. The van der Waals surface area contributed by atoms with Crippen LogP contribution in [0.15, 0.2) is 0 Å². The number of hydrogen-bond donors (Lipinski definition) is 2. The van der Waals surface area contributed by atoms with Crippen molar-refractivity contribution in [3.63, 3.8) is 0 Å². The van der Waals surface area contributed by atoms with Crippen LogP contribution in [0, 0.1) is 17.0 Å². The average Bonchev–Trinajstić information content (AvgIpc) is 2.43. The summed E-state index contributed by atoms with van der Waals surface area (Å²) >= 11 is 0. The van der Waals surface area contributed by atoms with Gasteiger partial charge in [0.1, 0.15) is 5.69 Å². The number of likely N-dealkylation sites (N-methyl/N-ethyl adjacent to an activating group) is 1. The summed E-state index contributed by atoms with van der Waals surface area (Å²) in [5, 5.41) is 17.2. The highest BCUT2D eigenvalue weighted by Gasteiger charge is 2.21. The third-order valence-electron chi connectivity index (χ3n) is 3.19. The number of rotatable bonds is 9. The van der Waals surface area contributed by atoms with Crippen LogP contribution < -0.4 is 10.6 Å². The van der Waals surface area contributed by atoms with Crippen LogP contribution >= 0.6 is 0 Å². The molecule has 0 unspecified atom stereocenters. The number of nitrogens with one attached hydrogen (secondary N) is 2. The minimum atomic E-state index is -0.440. The second kappa shape index (κ2) is 8.35. The Morgan fingerprint density at radius 3 is 2.38 bits per heavy atom. The van der Waals surface area contributed by atoms with Gasteiger partial charge in [0.25, 0.3) is 0 Å². The second-order valence-electron chi connectivity index (χ2n) is 4.57. The Morgan fingerprint density at radius 1 is 1.19 bits per heavy atom. The van der Waals surface area contributed by atoms with Gasteiger partial charge in [-0.05, 0) is 26.9 Å². The molecule has 1 rings (SSSR count). The van der Waals surface area contributed by atoms with E-state index in [9.17, 15) is 10.1 Å². The van der Waals surface area contributed by atoms with Crippen LogP contribution in [0.5, 0.6) is 0 Å².